The van der Waals surface area contributed by atoms with Crippen LogP contribution in [-0.4, -0.2) is 9.13 Å². The molecule has 3 heterocycles. The van der Waals surface area contributed by atoms with Gasteiger partial charge < -0.3 is 14.0 Å². The number of hydrogen-bond donors (Lipinski definition) is 0. The molecule has 0 bridgehead atoms. The molecule has 0 aliphatic heterocycles. The summed E-state index contributed by atoms with van der Waals surface area (Å²) in [6.45, 7) is 0. The third-order valence-electron chi connectivity index (χ3n) is 11.6. The lowest BCUT2D eigenvalue weighted by Gasteiger charge is -2.27. The van der Waals surface area contributed by atoms with Crippen LogP contribution >= 0.6 is 11.3 Å². The fraction of sp³-hybridized carbons (Fsp3) is 0. The van der Waals surface area contributed by atoms with Crippen LogP contribution in [-0.2, 0) is 0 Å². The summed E-state index contributed by atoms with van der Waals surface area (Å²) in [5.41, 5.74) is 12.7. The lowest BCUT2D eigenvalue weighted by molar-refractivity contribution is 1.17. The van der Waals surface area contributed by atoms with E-state index in [2.05, 4.69) is 226 Å². The molecular weight excluding hydrogens is 723 g/mol. The summed E-state index contributed by atoms with van der Waals surface area (Å²) in [5.74, 6) is 0. The SMILES string of the molecule is c1ccc(N(c2ccccc2)c2cc(-c3cccc4c3sc3ccccc34)cc(-n3c4ccccc4c4c5c6ccccc6n(-c6ccccc6)c5ccc43)c2)cc1. The Morgan fingerprint density at radius 2 is 0.862 bits per heavy atom. The number of fused-ring (bicyclic) bond motifs is 10. The molecule has 0 spiro atoms. The van der Waals surface area contributed by atoms with Crippen LogP contribution in [0, 0.1) is 0 Å². The van der Waals surface area contributed by atoms with Gasteiger partial charge in [-0.1, -0.05) is 127 Å². The van der Waals surface area contributed by atoms with Crippen LogP contribution < -0.4 is 4.90 Å². The molecule has 9 aromatic carbocycles. The highest BCUT2D eigenvalue weighted by molar-refractivity contribution is 7.26. The van der Waals surface area contributed by atoms with E-state index in [0.717, 1.165) is 28.4 Å². The van der Waals surface area contributed by atoms with Crippen LogP contribution in [0.4, 0.5) is 17.1 Å². The third kappa shape index (κ3) is 4.99. The second-order valence-corrected chi connectivity index (χ2v) is 16.0. The second-order valence-electron chi connectivity index (χ2n) is 14.9. The van der Waals surface area contributed by atoms with Crippen molar-refractivity contribution in [3.8, 4) is 22.5 Å². The molecule has 0 radical (unpaired) electrons. The number of benzene rings is 9. The van der Waals surface area contributed by atoms with Gasteiger partial charge >= 0.3 is 0 Å². The van der Waals surface area contributed by atoms with E-state index >= 15 is 0 Å². The zero-order chi connectivity index (χ0) is 38.2. The summed E-state index contributed by atoms with van der Waals surface area (Å²) in [7, 11) is 0. The molecule has 4 heteroatoms. The number of nitrogens with zero attached hydrogens (tertiary/aromatic N) is 3. The number of rotatable bonds is 6. The lowest BCUT2D eigenvalue weighted by atomic mass is 10.0. The molecule has 0 aliphatic carbocycles. The van der Waals surface area contributed by atoms with Gasteiger partial charge in [-0.15, -0.1) is 11.3 Å². The lowest BCUT2D eigenvalue weighted by Crippen LogP contribution is -2.10. The summed E-state index contributed by atoms with van der Waals surface area (Å²) in [5, 5.41) is 7.62. The molecule has 0 amide bonds. The van der Waals surface area contributed by atoms with E-state index in [1.165, 1.54) is 74.9 Å². The van der Waals surface area contributed by atoms with Crippen molar-refractivity contribution in [1.82, 2.24) is 9.13 Å². The Morgan fingerprint density at radius 1 is 0.345 bits per heavy atom. The minimum atomic E-state index is 1.09. The zero-order valence-electron chi connectivity index (χ0n) is 31.5. The van der Waals surface area contributed by atoms with Crippen molar-refractivity contribution < 1.29 is 0 Å². The maximum Gasteiger partial charge on any atom is 0.0548 e. The second kappa shape index (κ2) is 13.1. The number of aromatic nitrogens is 2. The Balaban J connectivity index is 1.20. The predicted molar refractivity (Wildman–Crippen MR) is 248 cm³/mol. The maximum atomic E-state index is 2.49. The fourth-order valence-electron chi connectivity index (χ4n) is 9.24. The summed E-state index contributed by atoms with van der Waals surface area (Å²) >= 11 is 1.88. The van der Waals surface area contributed by atoms with E-state index < -0.39 is 0 Å². The van der Waals surface area contributed by atoms with E-state index in [4.69, 9.17) is 0 Å². The van der Waals surface area contributed by atoms with Crippen molar-refractivity contribution >= 4 is 92.2 Å². The van der Waals surface area contributed by atoms with Gasteiger partial charge in [0.15, 0.2) is 0 Å². The average molecular weight is 758 g/mol. The van der Waals surface area contributed by atoms with Gasteiger partial charge in [0.2, 0.25) is 0 Å². The molecule has 0 fully saturated rings. The van der Waals surface area contributed by atoms with Gasteiger partial charge in [-0.3, -0.25) is 0 Å². The van der Waals surface area contributed by atoms with E-state index in [1.54, 1.807) is 0 Å². The summed E-state index contributed by atoms with van der Waals surface area (Å²) in [4.78, 5) is 2.39. The first-order chi connectivity index (χ1) is 28.8. The van der Waals surface area contributed by atoms with E-state index in [9.17, 15) is 0 Å². The van der Waals surface area contributed by atoms with Gasteiger partial charge in [-0.25, -0.2) is 0 Å². The normalized spacial score (nSPS) is 11.8. The first-order valence-corrected chi connectivity index (χ1v) is 20.6. The highest BCUT2D eigenvalue weighted by atomic mass is 32.1. The third-order valence-corrected chi connectivity index (χ3v) is 12.9. The Bertz CT molecular complexity index is 3460. The molecule has 12 rings (SSSR count). The van der Waals surface area contributed by atoms with Crippen LogP contribution in [0.25, 0.3) is 86.3 Å². The predicted octanol–water partition coefficient (Wildman–Crippen LogP) is 15.4. The minimum Gasteiger partial charge on any atom is -0.310 e. The topological polar surface area (TPSA) is 13.1 Å². The van der Waals surface area contributed by atoms with Crippen LogP contribution in [0.2, 0.25) is 0 Å². The van der Waals surface area contributed by atoms with Gasteiger partial charge in [0, 0.05) is 70.2 Å². The van der Waals surface area contributed by atoms with Crippen LogP contribution in [0.5, 0.6) is 0 Å². The highest BCUT2D eigenvalue weighted by Gasteiger charge is 2.23. The first-order valence-electron chi connectivity index (χ1n) is 19.8. The maximum absolute atomic E-state index is 2.49. The van der Waals surface area contributed by atoms with E-state index in [-0.39, 0.29) is 0 Å². The Morgan fingerprint density at radius 3 is 1.50 bits per heavy atom. The van der Waals surface area contributed by atoms with Gasteiger partial charge in [0.05, 0.1) is 22.1 Å². The molecule has 272 valence electrons. The van der Waals surface area contributed by atoms with E-state index in [0.29, 0.717) is 0 Å². The summed E-state index contributed by atoms with van der Waals surface area (Å²) in [6, 6.07) is 77.4. The zero-order valence-corrected chi connectivity index (χ0v) is 32.3. The van der Waals surface area contributed by atoms with E-state index in [1.807, 2.05) is 11.3 Å². The summed E-state index contributed by atoms with van der Waals surface area (Å²) in [6.07, 6.45) is 0. The molecular formula is C54H35N3S. The van der Waals surface area contributed by atoms with Crippen LogP contribution in [0.1, 0.15) is 0 Å². The van der Waals surface area contributed by atoms with Crippen molar-refractivity contribution in [2.45, 2.75) is 0 Å². The van der Waals surface area contributed by atoms with Crippen molar-refractivity contribution in [3.05, 3.63) is 212 Å². The largest absolute Gasteiger partial charge is 0.310 e. The monoisotopic (exact) mass is 757 g/mol. The fourth-order valence-corrected chi connectivity index (χ4v) is 10.5. The molecule has 0 saturated heterocycles. The standard InChI is InChI=1S/C54H35N3S/c1-4-17-37(18-5-1)55(38-19-6-2-7-20-38)40-33-36(42-26-16-27-44-43-23-12-15-30-51(43)58-54(42)44)34-41(35-40)57-48-29-14-11-25-46(48)53-50(57)32-31-49-52(53)45-24-10-13-28-47(45)56(49)39-21-8-3-9-22-39/h1-35H. The van der Waals surface area contributed by atoms with Gasteiger partial charge in [-0.2, -0.15) is 0 Å². The summed E-state index contributed by atoms with van der Waals surface area (Å²) < 4.78 is 7.51. The molecule has 0 saturated carbocycles. The molecule has 12 aromatic rings. The van der Waals surface area contributed by atoms with Crippen LogP contribution in [0.3, 0.4) is 0 Å². The molecule has 3 aromatic heterocycles. The molecule has 58 heavy (non-hydrogen) atoms. The highest BCUT2D eigenvalue weighted by Crippen LogP contribution is 2.46. The molecule has 0 aliphatic rings. The molecule has 0 unspecified atom stereocenters. The smallest absolute Gasteiger partial charge is 0.0548 e. The number of thiophene rings is 1. The quantitative estimate of drug-likeness (QED) is 0.165. The van der Waals surface area contributed by atoms with Gasteiger partial charge in [0.25, 0.3) is 0 Å². The molecule has 0 N–H and O–H groups in total. The van der Waals surface area contributed by atoms with Crippen molar-refractivity contribution in [3.63, 3.8) is 0 Å². The van der Waals surface area contributed by atoms with Crippen molar-refractivity contribution in [2.24, 2.45) is 0 Å². The number of para-hydroxylation sites is 5. The molecule has 3 nitrogen and oxygen atoms in total. The Kier molecular flexibility index (Phi) is 7.40. The minimum absolute atomic E-state index is 1.09. The average Bonchev–Trinajstić information content (AvgIpc) is 3.95. The Labute approximate surface area is 339 Å². The van der Waals surface area contributed by atoms with Crippen LogP contribution in [0.15, 0.2) is 212 Å². The Hall–Kier alpha value is -7.40. The molecule has 0 atom stereocenters. The number of hydrogen-bond acceptors (Lipinski definition) is 2. The first kappa shape index (κ1) is 32.8. The van der Waals surface area contributed by atoms with Crippen molar-refractivity contribution in [2.75, 3.05) is 4.90 Å². The van der Waals surface area contributed by atoms with Crippen molar-refractivity contribution in [1.29, 1.82) is 0 Å². The van der Waals surface area contributed by atoms with Gasteiger partial charge in [0.1, 0.15) is 0 Å². The van der Waals surface area contributed by atoms with Gasteiger partial charge in [-0.05, 0) is 96.1 Å². The number of anilines is 3.